The summed E-state index contributed by atoms with van der Waals surface area (Å²) in [5, 5.41) is 0. The first-order valence-electron chi connectivity index (χ1n) is 8.95. The van der Waals surface area contributed by atoms with Gasteiger partial charge in [0.1, 0.15) is 12.4 Å². The molecular formula is C19H24N2O4S. The second-order valence-electron chi connectivity index (χ2n) is 7.53. The first-order chi connectivity index (χ1) is 12.5. The molecule has 0 aliphatic carbocycles. The number of carbonyl (C=O) groups excluding carboxylic acids is 2. The molecule has 7 heteroatoms. The van der Waals surface area contributed by atoms with E-state index in [4.69, 9.17) is 9.47 Å². The van der Waals surface area contributed by atoms with Gasteiger partial charge in [-0.2, -0.15) is 0 Å². The van der Waals surface area contributed by atoms with E-state index in [1.807, 2.05) is 40.9 Å². The Morgan fingerprint density at radius 3 is 2.85 bits per heavy atom. The second kappa shape index (κ2) is 6.78. The molecule has 0 aromatic heterocycles. The van der Waals surface area contributed by atoms with Gasteiger partial charge >= 0.3 is 0 Å². The molecule has 0 unspecified atom stereocenters. The molecule has 3 aliphatic heterocycles. The van der Waals surface area contributed by atoms with Gasteiger partial charge in [0.25, 0.3) is 5.91 Å². The number of thioether (sulfide) groups is 1. The number of hydrogen-bond donors (Lipinski definition) is 0. The summed E-state index contributed by atoms with van der Waals surface area (Å²) in [6.07, 6.45) is 1.26. The van der Waals surface area contributed by atoms with Crippen LogP contribution in [-0.4, -0.2) is 78.1 Å². The zero-order chi connectivity index (χ0) is 18.3. The molecule has 1 aromatic carbocycles. The zero-order valence-corrected chi connectivity index (χ0v) is 16.0. The normalized spacial score (nSPS) is 25.5. The van der Waals surface area contributed by atoms with Crippen molar-refractivity contribution in [2.75, 3.05) is 39.5 Å². The molecule has 2 amide bonds. The molecule has 0 radical (unpaired) electrons. The van der Waals surface area contributed by atoms with E-state index in [0.29, 0.717) is 6.42 Å². The van der Waals surface area contributed by atoms with Crippen molar-refractivity contribution in [1.82, 2.24) is 9.80 Å². The lowest BCUT2D eigenvalue weighted by Gasteiger charge is -2.48. The van der Waals surface area contributed by atoms with Crippen LogP contribution in [0.4, 0.5) is 0 Å². The van der Waals surface area contributed by atoms with Gasteiger partial charge in [-0.1, -0.05) is 18.2 Å². The van der Waals surface area contributed by atoms with Gasteiger partial charge in [0.05, 0.1) is 10.9 Å². The van der Waals surface area contributed by atoms with Crippen LogP contribution in [0.15, 0.2) is 24.3 Å². The van der Waals surface area contributed by atoms with Crippen molar-refractivity contribution < 1.29 is 19.1 Å². The average Bonchev–Trinajstić information content (AvgIpc) is 3.21. The molecular weight excluding hydrogens is 352 g/mol. The summed E-state index contributed by atoms with van der Waals surface area (Å²) >= 11 is 1.87. The number of nitrogens with zero attached hydrogens (tertiary/aromatic N) is 2. The number of benzene rings is 1. The third kappa shape index (κ3) is 3.30. The van der Waals surface area contributed by atoms with Crippen molar-refractivity contribution in [3.8, 4) is 5.75 Å². The molecule has 6 nitrogen and oxygen atoms in total. The number of fused-ring (bicyclic) bond motifs is 1. The molecule has 2 saturated heterocycles. The Balaban J connectivity index is 1.25. The van der Waals surface area contributed by atoms with Crippen LogP contribution in [0.2, 0.25) is 0 Å². The van der Waals surface area contributed by atoms with Crippen molar-refractivity contribution in [3.63, 3.8) is 0 Å². The van der Waals surface area contributed by atoms with Crippen LogP contribution in [0.1, 0.15) is 12.0 Å². The Morgan fingerprint density at radius 2 is 2.12 bits per heavy atom. The summed E-state index contributed by atoms with van der Waals surface area (Å²) in [6, 6.07) is 7.85. The summed E-state index contributed by atoms with van der Waals surface area (Å²) in [6.45, 7) is 1.62. The standard InChI is InChI=1S/C19H24N2O4S/c1-20(2)17(22)9-24-14-8-19(26-10-14)11-21(12-19)18(23)16-7-13-5-3-4-6-15(13)25-16/h3-6,14,16H,7-12H2,1-2H3/t14-,16+/m0/s1. The summed E-state index contributed by atoms with van der Waals surface area (Å²) in [5.74, 6) is 1.78. The van der Waals surface area contributed by atoms with Gasteiger partial charge in [-0.3, -0.25) is 9.59 Å². The molecule has 140 valence electrons. The lowest BCUT2D eigenvalue weighted by atomic mass is 9.92. The van der Waals surface area contributed by atoms with E-state index in [1.54, 1.807) is 19.0 Å². The van der Waals surface area contributed by atoms with Crippen LogP contribution in [0.5, 0.6) is 5.75 Å². The second-order valence-corrected chi connectivity index (χ2v) is 9.02. The highest BCUT2D eigenvalue weighted by atomic mass is 32.2. The predicted molar refractivity (Wildman–Crippen MR) is 99.4 cm³/mol. The van der Waals surface area contributed by atoms with E-state index in [9.17, 15) is 9.59 Å². The van der Waals surface area contributed by atoms with Gasteiger partial charge in [-0.15, -0.1) is 11.8 Å². The minimum atomic E-state index is -0.388. The highest BCUT2D eigenvalue weighted by Gasteiger charge is 2.52. The molecule has 3 heterocycles. The molecule has 1 spiro atoms. The third-order valence-corrected chi connectivity index (χ3v) is 6.88. The largest absolute Gasteiger partial charge is 0.480 e. The van der Waals surface area contributed by atoms with Crippen molar-refractivity contribution in [1.29, 1.82) is 0 Å². The quantitative estimate of drug-likeness (QED) is 0.790. The number of likely N-dealkylation sites (N-methyl/N-ethyl adjacent to an activating group) is 1. The maximum Gasteiger partial charge on any atom is 0.264 e. The number of likely N-dealkylation sites (tertiary alicyclic amines) is 1. The zero-order valence-electron chi connectivity index (χ0n) is 15.1. The number of hydrogen-bond acceptors (Lipinski definition) is 5. The predicted octanol–water partition coefficient (Wildman–Crippen LogP) is 1.18. The summed E-state index contributed by atoms with van der Waals surface area (Å²) in [5.41, 5.74) is 1.11. The summed E-state index contributed by atoms with van der Waals surface area (Å²) in [7, 11) is 3.46. The number of carbonyl (C=O) groups is 2. The summed E-state index contributed by atoms with van der Waals surface area (Å²) in [4.78, 5) is 27.8. The SMILES string of the molecule is CN(C)C(=O)CO[C@@H]1CSC2(C1)CN(C(=O)[C@H]1Cc3ccccc3O1)C2. The fraction of sp³-hybridized carbons (Fsp3) is 0.579. The smallest absolute Gasteiger partial charge is 0.264 e. The van der Waals surface area contributed by atoms with Crippen LogP contribution in [0.3, 0.4) is 0 Å². The van der Waals surface area contributed by atoms with E-state index in [0.717, 1.165) is 36.6 Å². The fourth-order valence-corrected chi connectivity index (χ4v) is 5.33. The topological polar surface area (TPSA) is 59.1 Å². The number of rotatable bonds is 4. The Kier molecular flexibility index (Phi) is 4.61. The molecule has 0 bridgehead atoms. The Labute approximate surface area is 157 Å². The molecule has 2 fully saturated rings. The highest BCUT2D eigenvalue weighted by molar-refractivity contribution is 8.01. The third-order valence-electron chi connectivity index (χ3n) is 5.31. The Bertz CT molecular complexity index is 692. The minimum absolute atomic E-state index is 0.0145. The van der Waals surface area contributed by atoms with Gasteiger partial charge < -0.3 is 19.3 Å². The first-order valence-corrected chi connectivity index (χ1v) is 9.93. The molecule has 26 heavy (non-hydrogen) atoms. The Morgan fingerprint density at radius 1 is 1.35 bits per heavy atom. The molecule has 2 atom stereocenters. The fourth-order valence-electron chi connectivity index (χ4n) is 3.78. The lowest BCUT2D eigenvalue weighted by Crippen LogP contribution is -2.63. The average molecular weight is 376 g/mol. The van der Waals surface area contributed by atoms with Crippen LogP contribution in [-0.2, 0) is 20.7 Å². The molecule has 4 rings (SSSR count). The molecule has 0 saturated carbocycles. The number of para-hydroxylation sites is 1. The van der Waals surface area contributed by atoms with Crippen molar-refractivity contribution in [3.05, 3.63) is 29.8 Å². The van der Waals surface area contributed by atoms with Gasteiger partial charge in [0.15, 0.2) is 6.10 Å². The van der Waals surface area contributed by atoms with Gasteiger partial charge in [-0.05, 0) is 18.1 Å². The van der Waals surface area contributed by atoms with Gasteiger partial charge in [0.2, 0.25) is 5.91 Å². The lowest BCUT2D eigenvalue weighted by molar-refractivity contribution is -0.143. The van der Waals surface area contributed by atoms with E-state index >= 15 is 0 Å². The maximum absolute atomic E-state index is 12.7. The molecule has 1 aromatic rings. The van der Waals surface area contributed by atoms with E-state index in [1.165, 1.54) is 0 Å². The van der Waals surface area contributed by atoms with Crippen molar-refractivity contribution in [2.45, 2.75) is 29.8 Å². The van der Waals surface area contributed by atoms with Crippen LogP contribution in [0.25, 0.3) is 0 Å². The van der Waals surface area contributed by atoms with E-state index < -0.39 is 0 Å². The number of ether oxygens (including phenoxy) is 2. The molecule has 3 aliphatic rings. The number of amides is 2. The van der Waals surface area contributed by atoms with Crippen LogP contribution < -0.4 is 4.74 Å². The monoisotopic (exact) mass is 376 g/mol. The first kappa shape index (κ1) is 17.7. The van der Waals surface area contributed by atoms with Gasteiger partial charge in [-0.25, -0.2) is 0 Å². The van der Waals surface area contributed by atoms with Crippen LogP contribution in [0, 0.1) is 0 Å². The minimum Gasteiger partial charge on any atom is -0.480 e. The van der Waals surface area contributed by atoms with E-state index in [2.05, 4.69) is 0 Å². The van der Waals surface area contributed by atoms with Crippen molar-refractivity contribution in [2.24, 2.45) is 0 Å². The van der Waals surface area contributed by atoms with Crippen molar-refractivity contribution >= 4 is 23.6 Å². The Hall–Kier alpha value is -1.73. The summed E-state index contributed by atoms with van der Waals surface area (Å²) < 4.78 is 11.7. The maximum atomic E-state index is 12.7. The highest BCUT2D eigenvalue weighted by Crippen LogP contribution is 2.46. The van der Waals surface area contributed by atoms with Crippen LogP contribution >= 0.6 is 11.8 Å². The van der Waals surface area contributed by atoms with Gasteiger partial charge in [0, 0.05) is 39.4 Å². The van der Waals surface area contributed by atoms with E-state index in [-0.39, 0.29) is 35.4 Å². The molecule has 0 N–H and O–H groups in total.